The van der Waals surface area contributed by atoms with E-state index in [9.17, 15) is 14.4 Å². The van der Waals surface area contributed by atoms with Crippen LogP contribution in [-0.2, 0) is 9.59 Å². The molecule has 25 heavy (non-hydrogen) atoms. The second-order valence-electron chi connectivity index (χ2n) is 6.23. The zero-order valence-electron chi connectivity index (χ0n) is 14.0. The summed E-state index contributed by atoms with van der Waals surface area (Å²) in [6.45, 7) is 0. The van der Waals surface area contributed by atoms with Crippen LogP contribution in [0.1, 0.15) is 38.5 Å². The third-order valence-corrected chi connectivity index (χ3v) is 4.50. The Hall–Kier alpha value is -2.76. The molecule has 1 aliphatic carbocycles. The van der Waals surface area contributed by atoms with Crippen LogP contribution in [0.2, 0.25) is 0 Å². The fourth-order valence-electron chi connectivity index (χ4n) is 3.24. The number of barbiturate groups is 1. The first-order valence-corrected chi connectivity index (χ1v) is 8.63. The van der Waals surface area contributed by atoms with Gasteiger partial charge in [-0.3, -0.25) is 24.8 Å². The number of imide groups is 2. The molecule has 4 amide bonds. The van der Waals surface area contributed by atoms with Gasteiger partial charge in [-0.15, -0.1) is 0 Å². The average molecular weight is 339 g/mol. The van der Waals surface area contributed by atoms with E-state index in [2.05, 4.69) is 10.3 Å². The molecule has 0 atom stereocenters. The fraction of sp³-hybridized carbons (Fsp3) is 0.368. The van der Waals surface area contributed by atoms with Crippen LogP contribution in [0.5, 0.6) is 0 Å². The van der Waals surface area contributed by atoms with E-state index in [1.165, 1.54) is 11.0 Å². The second kappa shape index (κ2) is 7.88. The Kier molecular flexibility index (Phi) is 5.38. The van der Waals surface area contributed by atoms with Crippen LogP contribution in [0, 0.1) is 0 Å². The molecule has 0 aromatic heterocycles. The number of amides is 4. The minimum absolute atomic E-state index is 0.0182. The molecule has 1 N–H and O–H groups in total. The van der Waals surface area contributed by atoms with Gasteiger partial charge in [-0.1, -0.05) is 43.5 Å². The smallest absolute Gasteiger partial charge is 0.273 e. The van der Waals surface area contributed by atoms with E-state index in [0.29, 0.717) is 6.42 Å². The number of allylic oxidation sites excluding steroid dienone is 1. The van der Waals surface area contributed by atoms with Crippen molar-refractivity contribution < 1.29 is 14.4 Å². The maximum atomic E-state index is 12.6. The molecule has 6 nitrogen and oxygen atoms in total. The first-order chi connectivity index (χ1) is 12.2. The maximum Gasteiger partial charge on any atom is 0.331 e. The number of aliphatic imine (C=N–C) groups is 1. The Labute approximate surface area is 146 Å². The van der Waals surface area contributed by atoms with Crippen molar-refractivity contribution in [3.8, 4) is 0 Å². The van der Waals surface area contributed by atoms with Crippen LogP contribution in [0.25, 0.3) is 0 Å². The number of carbonyl (C=O) groups is 3. The van der Waals surface area contributed by atoms with Crippen molar-refractivity contribution in [3.05, 3.63) is 42.0 Å². The van der Waals surface area contributed by atoms with Gasteiger partial charge in [0, 0.05) is 18.7 Å². The van der Waals surface area contributed by atoms with Gasteiger partial charge in [-0.25, -0.2) is 4.79 Å². The third-order valence-electron chi connectivity index (χ3n) is 4.50. The number of carbonyl (C=O) groups excluding carboxylic acids is 3. The highest BCUT2D eigenvalue weighted by molar-refractivity contribution is 6.29. The summed E-state index contributed by atoms with van der Waals surface area (Å²) in [6.07, 6.45) is 8.24. The highest BCUT2D eigenvalue weighted by Gasteiger charge is 2.39. The second-order valence-corrected chi connectivity index (χ2v) is 6.23. The Morgan fingerprint density at radius 1 is 1.08 bits per heavy atom. The predicted octanol–water partition coefficient (Wildman–Crippen LogP) is 3.12. The number of hydrogen-bond donors (Lipinski definition) is 1. The molecule has 1 aromatic rings. The molecule has 1 heterocycles. The summed E-state index contributed by atoms with van der Waals surface area (Å²) in [5, 5.41) is 2.28. The summed E-state index contributed by atoms with van der Waals surface area (Å²) >= 11 is 0. The SMILES string of the molecule is O=C1NC(=O)N(C2CCCCC2)C(=O)/C1=C\CC=Nc1ccccc1. The summed E-state index contributed by atoms with van der Waals surface area (Å²) < 4.78 is 0. The zero-order chi connectivity index (χ0) is 17.6. The van der Waals surface area contributed by atoms with E-state index in [0.717, 1.165) is 37.8 Å². The number of benzene rings is 1. The van der Waals surface area contributed by atoms with Gasteiger partial charge < -0.3 is 0 Å². The Bertz CT molecular complexity index is 719. The lowest BCUT2D eigenvalue weighted by Crippen LogP contribution is -2.58. The minimum atomic E-state index is -0.629. The molecule has 0 radical (unpaired) electrons. The van der Waals surface area contributed by atoms with Crippen LogP contribution in [-0.4, -0.2) is 35.0 Å². The Balaban J connectivity index is 1.70. The molecule has 1 aromatic carbocycles. The maximum absolute atomic E-state index is 12.6. The number of nitrogens with one attached hydrogen (secondary N) is 1. The van der Waals surface area contributed by atoms with Gasteiger partial charge in [-0.2, -0.15) is 0 Å². The summed E-state index contributed by atoms with van der Waals surface area (Å²) in [5.74, 6) is -1.12. The minimum Gasteiger partial charge on any atom is -0.273 e. The van der Waals surface area contributed by atoms with Crippen molar-refractivity contribution in [2.75, 3.05) is 0 Å². The highest BCUT2D eigenvalue weighted by atomic mass is 16.2. The third kappa shape index (κ3) is 4.02. The lowest BCUT2D eigenvalue weighted by atomic mass is 9.93. The zero-order valence-corrected chi connectivity index (χ0v) is 14.0. The number of rotatable bonds is 4. The molecule has 6 heteroatoms. The first-order valence-electron chi connectivity index (χ1n) is 8.63. The number of hydrogen-bond acceptors (Lipinski definition) is 4. The molecule has 1 saturated heterocycles. The quantitative estimate of drug-likeness (QED) is 0.520. The van der Waals surface area contributed by atoms with Gasteiger partial charge >= 0.3 is 6.03 Å². The monoisotopic (exact) mass is 339 g/mol. The molecule has 3 rings (SSSR count). The predicted molar refractivity (Wildman–Crippen MR) is 94.6 cm³/mol. The summed E-state index contributed by atoms with van der Waals surface area (Å²) in [7, 11) is 0. The van der Waals surface area contributed by atoms with Gasteiger partial charge in [0.25, 0.3) is 11.8 Å². The molecule has 2 fully saturated rings. The molecule has 0 bridgehead atoms. The topological polar surface area (TPSA) is 78.8 Å². The van der Waals surface area contributed by atoms with Crippen molar-refractivity contribution in [1.82, 2.24) is 10.2 Å². The number of urea groups is 1. The van der Waals surface area contributed by atoms with Crippen LogP contribution in [0.15, 0.2) is 47.0 Å². The first kappa shape index (κ1) is 17.1. The van der Waals surface area contributed by atoms with E-state index < -0.39 is 17.8 Å². The van der Waals surface area contributed by atoms with Crippen molar-refractivity contribution in [2.45, 2.75) is 44.6 Å². The van der Waals surface area contributed by atoms with Gasteiger partial charge in [0.05, 0.1) is 5.69 Å². The van der Waals surface area contributed by atoms with Crippen molar-refractivity contribution >= 4 is 29.7 Å². The van der Waals surface area contributed by atoms with Crippen molar-refractivity contribution in [2.24, 2.45) is 4.99 Å². The van der Waals surface area contributed by atoms with Gasteiger partial charge in [0.2, 0.25) is 0 Å². The molecule has 1 aliphatic heterocycles. The molecule has 0 spiro atoms. The van der Waals surface area contributed by atoms with Crippen LogP contribution in [0.4, 0.5) is 10.5 Å². The van der Waals surface area contributed by atoms with Crippen LogP contribution in [0.3, 0.4) is 0 Å². The van der Waals surface area contributed by atoms with E-state index in [1.807, 2.05) is 30.3 Å². The Morgan fingerprint density at radius 3 is 2.52 bits per heavy atom. The molecular weight excluding hydrogens is 318 g/mol. The number of para-hydroxylation sites is 1. The van der Waals surface area contributed by atoms with Crippen LogP contribution >= 0.6 is 0 Å². The van der Waals surface area contributed by atoms with Crippen molar-refractivity contribution in [3.63, 3.8) is 0 Å². The highest BCUT2D eigenvalue weighted by Crippen LogP contribution is 2.25. The largest absolute Gasteiger partial charge is 0.331 e. The van der Waals surface area contributed by atoms with Crippen molar-refractivity contribution in [1.29, 1.82) is 0 Å². The van der Waals surface area contributed by atoms with Crippen LogP contribution < -0.4 is 5.32 Å². The van der Waals surface area contributed by atoms with E-state index in [-0.39, 0.29) is 11.6 Å². The normalized spacial score (nSPS) is 21.2. The van der Waals surface area contributed by atoms with E-state index >= 15 is 0 Å². The summed E-state index contributed by atoms with van der Waals surface area (Å²) in [5.41, 5.74) is 0.823. The Morgan fingerprint density at radius 2 is 1.80 bits per heavy atom. The van der Waals surface area contributed by atoms with E-state index in [4.69, 9.17) is 0 Å². The lowest BCUT2D eigenvalue weighted by molar-refractivity contribution is -0.132. The standard InChI is InChI=1S/C19H21N3O3/c23-17-16(12-7-13-20-14-8-3-1-4-9-14)18(24)22(19(25)21-17)15-10-5-2-6-11-15/h1,3-4,8-9,12-13,15H,2,5-7,10-11H2,(H,21,23,25)/b16-12-,20-13?. The molecule has 1 saturated carbocycles. The van der Waals surface area contributed by atoms with E-state index in [1.54, 1.807) is 6.21 Å². The summed E-state index contributed by atoms with van der Waals surface area (Å²) in [4.78, 5) is 42.2. The molecule has 2 aliphatic rings. The molecule has 130 valence electrons. The number of nitrogens with zero attached hydrogens (tertiary/aromatic N) is 2. The van der Waals surface area contributed by atoms with Gasteiger partial charge in [-0.05, 0) is 25.0 Å². The van der Waals surface area contributed by atoms with Gasteiger partial charge in [0.15, 0.2) is 0 Å². The molecular formula is C19H21N3O3. The van der Waals surface area contributed by atoms with Gasteiger partial charge in [0.1, 0.15) is 5.57 Å². The average Bonchev–Trinajstić information content (AvgIpc) is 2.62. The lowest BCUT2D eigenvalue weighted by Gasteiger charge is -2.35. The molecule has 0 unspecified atom stereocenters. The summed E-state index contributed by atoms with van der Waals surface area (Å²) in [6, 6.07) is 8.70. The fourth-order valence-corrected chi connectivity index (χ4v) is 3.24.